The molecule has 2 heterocycles. The van der Waals surface area contributed by atoms with E-state index in [4.69, 9.17) is 5.73 Å². The molecule has 1 aliphatic heterocycles. The number of rotatable bonds is 4. The summed E-state index contributed by atoms with van der Waals surface area (Å²) in [7, 11) is 0. The van der Waals surface area contributed by atoms with Gasteiger partial charge < -0.3 is 5.73 Å². The van der Waals surface area contributed by atoms with Crippen LogP contribution >= 0.6 is 11.3 Å². The molecule has 120 valence electrons. The molecular formula is C14H22F3N3S. The van der Waals surface area contributed by atoms with Crippen molar-refractivity contribution in [3.8, 4) is 0 Å². The summed E-state index contributed by atoms with van der Waals surface area (Å²) in [5.74, 6) is 0. The minimum absolute atomic E-state index is 0.0449. The molecule has 0 aliphatic carbocycles. The fourth-order valence-corrected chi connectivity index (χ4v) is 4.05. The van der Waals surface area contributed by atoms with E-state index < -0.39 is 12.7 Å². The summed E-state index contributed by atoms with van der Waals surface area (Å²) in [6, 6.07) is 2.12. The molecule has 1 saturated heterocycles. The van der Waals surface area contributed by atoms with Crippen LogP contribution in [0.4, 0.5) is 13.2 Å². The van der Waals surface area contributed by atoms with E-state index in [0.717, 1.165) is 0 Å². The van der Waals surface area contributed by atoms with Crippen molar-refractivity contribution in [1.82, 2.24) is 9.80 Å². The van der Waals surface area contributed by atoms with Gasteiger partial charge in [-0.25, -0.2) is 0 Å². The van der Waals surface area contributed by atoms with Crippen molar-refractivity contribution >= 4 is 11.3 Å². The number of nitrogens with zero attached hydrogens (tertiary/aromatic N) is 2. The fraction of sp³-hybridized carbons (Fsp3) is 0.714. The molecule has 2 rings (SSSR count). The second-order valence-electron chi connectivity index (χ2n) is 5.70. The van der Waals surface area contributed by atoms with Crippen LogP contribution in [-0.4, -0.2) is 54.7 Å². The van der Waals surface area contributed by atoms with Gasteiger partial charge in [0.1, 0.15) is 0 Å². The predicted octanol–water partition coefficient (Wildman–Crippen LogP) is 2.62. The van der Waals surface area contributed by atoms with E-state index >= 15 is 0 Å². The normalized spacial score (nSPS) is 21.4. The second kappa shape index (κ2) is 6.64. The highest BCUT2D eigenvalue weighted by molar-refractivity contribution is 7.10. The lowest BCUT2D eigenvalue weighted by atomic mass is 10.0. The third-order valence-corrected chi connectivity index (χ3v) is 4.96. The van der Waals surface area contributed by atoms with Crippen LogP contribution < -0.4 is 5.73 Å². The van der Waals surface area contributed by atoms with E-state index in [1.165, 1.54) is 15.3 Å². The zero-order valence-electron chi connectivity index (χ0n) is 12.4. The minimum atomic E-state index is -4.12. The predicted molar refractivity (Wildman–Crippen MR) is 79.5 cm³/mol. The van der Waals surface area contributed by atoms with Gasteiger partial charge in [0.05, 0.1) is 12.6 Å². The van der Waals surface area contributed by atoms with Crippen molar-refractivity contribution in [1.29, 1.82) is 0 Å². The van der Waals surface area contributed by atoms with Gasteiger partial charge in [0, 0.05) is 37.1 Å². The molecule has 1 aromatic rings. The standard InChI is InChI=1S/C14H22F3N3S/c1-10-3-8-21-13(10)12(11(2)18)20-6-4-19(5-7-20)9-14(15,16)17/h3,8,11-12H,4-7,9,18H2,1-2H3. The Morgan fingerprint density at radius 1 is 1.29 bits per heavy atom. The largest absolute Gasteiger partial charge is 0.401 e. The summed E-state index contributed by atoms with van der Waals surface area (Å²) in [5, 5.41) is 2.04. The molecule has 0 amide bonds. The highest BCUT2D eigenvalue weighted by atomic mass is 32.1. The van der Waals surface area contributed by atoms with E-state index in [9.17, 15) is 13.2 Å². The molecule has 1 fully saturated rings. The summed E-state index contributed by atoms with van der Waals surface area (Å²) in [4.78, 5) is 4.92. The first-order valence-electron chi connectivity index (χ1n) is 7.10. The maximum Gasteiger partial charge on any atom is 0.401 e. The number of thiophene rings is 1. The average molecular weight is 321 g/mol. The molecule has 2 N–H and O–H groups in total. The van der Waals surface area contributed by atoms with Crippen LogP contribution in [0.1, 0.15) is 23.4 Å². The van der Waals surface area contributed by atoms with E-state index in [0.29, 0.717) is 26.2 Å². The number of aryl methyl sites for hydroxylation is 1. The Labute approximate surface area is 127 Å². The number of nitrogens with two attached hydrogens (primary N) is 1. The number of alkyl halides is 3. The lowest BCUT2D eigenvalue weighted by Crippen LogP contribution is -2.52. The fourth-order valence-electron chi connectivity index (χ4n) is 2.88. The van der Waals surface area contributed by atoms with Gasteiger partial charge >= 0.3 is 6.18 Å². The van der Waals surface area contributed by atoms with Crippen LogP contribution in [0.15, 0.2) is 11.4 Å². The van der Waals surface area contributed by atoms with Crippen molar-refractivity contribution in [2.75, 3.05) is 32.7 Å². The van der Waals surface area contributed by atoms with Crippen molar-refractivity contribution in [3.63, 3.8) is 0 Å². The van der Waals surface area contributed by atoms with Crippen molar-refractivity contribution in [2.24, 2.45) is 5.73 Å². The Morgan fingerprint density at radius 3 is 2.33 bits per heavy atom. The van der Waals surface area contributed by atoms with Crippen LogP contribution in [-0.2, 0) is 0 Å². The third kappa shape index (κ3) is 4.42. The topological polar surface area (TPSA) is 32.5 Å². The maximum absolute atomic E-state index is 12.4. The lowest BCUT2D eigenvalue weighted by molar-refractivity contribution is -0.150. The first kappa shape index (κ1) is 16.7. The Balaban J connectivity index is 2.00. The van der Waals surface area contributed by atoms with Gasteiger partial charge in [-0.05, 0) is 30.9 Å². The first-order chi connectivity index (χ1) is 9.78. The lowest BCUT2D eigenvalue weighted by Gasteiger charge is -2.40. The molecule has 0 radical (unpaired) electrons. The molecule has 2 atom stereocenters. The summed E-state index contributed by atoms with van der Waals surface area (Å²) in [6.45, 7) is 5.33. The molecule has 7 heteroatoms. The molecule has 21 heavy (non-hydrogen) atoms. The first-order valence-corrected chi connectivity index (χ1v) is 7.98. The number of hydrogen-bond acceptors (Lipinski definition) is 4. The number of hydrogen-bond donors (Lipinski definition) is 1. The Kier molecular flexibility index (Phi) is 5.29. The minimum Gasteiger partial charge on any atom is -0.326 e. The van der Waals surface area contributed by atoms with Crippen molar-refractivity contribution < 1.29 is 13.2 Å². The SMILES string of the molecule is Cc1ccsc1C(C(C)N)N1CCN(CC(F)(F)F)CC1. The maximum atomic E-state index is 12.4. The average Bonchev–Trinajstić information content (AvgIpc) is 2.76. The van der Waals surface area contributed by atoms with Crippen molar-refractivity contribution in [3.05, 3.63) is 21.9 Å². The van der Waals surface area contributed by atoms with Gasteiger partial charge in [-0.3, -0.25) is 9.80 Å². The highest BCUT2D eigenvalue weighted by Gasteiger charge is 2.34. The Hall–Kier alpha value is -0.630. The third-order valence-electron chi connectivity index (χ3n) is 3.87. The van der Waals surface area contributed by atoms with Gasteiger partial charge in [0.25, 0.3) is 0 Å². The van der Waals surface area contributed by atoms with E-state index in [1.807, 2.05) is 12.3 Å². The molecule has 0 saturated carbocycles. The number of piperazine rings is 1. The molecule has 2 unspecified atom stereocenters. The van der Waals surface area contributed by atoms with E-state index in [1.54, 1.807) is 11.3 Å². The van der Waals surface area contributed by atoms with Crippen LogP contribution in [0, 0.1) is 6.92 Å². The molecule has 0 aromatic carbocycles. The van der Waals surface area contributed by atoms with Crippen LogP contribution in [0.5, 0.6) is 0 Å². The van der Waals surface area contributed by atoms with E-state index in [2.05, 4.69) is 17.9 Å². The van der Waals surface area contributed by atoms with Gasteiger partial charge in [-0.15, -0.1) is 11.3 Å². The summed E-state index contributed by atoms with van der Waals surface area (Å²) < 4.78 is 37.3. The molecule has 1 aromatic heterocycles. The molecule has 0 spiro atoms. The number of halogens is 3. The van der Waals surface area contributed by atoms with Crippen LogP contribution in [0.3, 0.4) is 0 Å². The second-order valence-corrected chi connectivity index (χ2v) is 6.65. The summed E-state index contributed by atoms with van der Waals surface area (Å²) in [5.41, 5.74) is 7.34. The quantitative estimate of drug-likeness (QED) is 0.925. The van der Waals surface area contributed by atoms with Gasteiger partial charge in [-0.1, -0.05) is 0 Å². The molecule has 1 aliphatic rings. The zero-order chi connectivity index (χ0) is 15.6. The zero-order valence-corrected chi connectivity index (χ0v) is 13.2. The highest BCUT2D eigenvalue weighted by Crippen LogP contribution is 2.31. The van der Waals surface area contributed by atoms with Crippen molar-refractivity contribution in [2.45, 2.75) is 32.1 Å². The summed E-state index contributed by atoms with van der Waals surface area (Å²) in [6.07, 6.45) is -4.12. The Morgan fingerprint density at radius 2 is 1.90 bits per heavy atom. The van der Waals surface area contributed by atoms with E-state index in [-0.39, 0.29) is 12.1 Å². The van der Waals surface area contributed by atoms with Crippen LogP contribution in [0.2, 0.25) is 0 Å². The van der Waals surface area contributed by atoms with Gasteiger partial charge in [0.2, 0.25) is 0 Å². The smallest absolute Gasteiger partial charge is 0.326 e. The molecule has 0 bridgehead atoms. The molecule has 3 nitrogen and oxygen atoms in total. The monoisotopic (exact) mass is 321 g/mol. The Bertz CT molecular complexity index is 451. The van der Waals surface area contributed by atoms with Gasteiger partial charge in [-0.2, -0.15) is 13.2 Å². The van der Waals surface area contributed by atoms with Gasteiger partial charge in [0.15, 0.2) is 0 Å². The molecular weight excluding hydrogens is 299 g/mol. The summed E-state index contributed by atoms with van der Waals surface area (Å²) >= 11 is 1.68. The van der Waals surface area contributed by atoms with Crippen LogP contribution in [0.25, 0.3) is 0 Å².